The summed E-state index contributed by atoms with van der Waals surface area (Å²) in [5, 5.41) is 6.95. The maximum atomic E-state index is 4.80. The number of aromatic nitrogens is 1. The fourth-order valence-corrected chi connectivity index (χ4v) is 3.60. The lowest BCUT2D eigenvalue weighted by atomic mass is 9.93. The molecule has 0 spiro atoms. The molecule has 108 valence electrons. The van der Waals surface area contributed by atoms with Crippen molar-refractivity contribution in [2.24, 2.45) is 0 Å². The molecular weight excluding hydrogens is 254 g/mol. The van der Waals surface area contributed by atoms with Gasteiger partial charge in [-0.05, 0) is 39.4 Å². The maximum absolute atomic E-state index is 4.80. The smallest absolute Gasteiger partial charge is 0.107 e. The van der Waals surface area contributed by atoms with Crippen molar-refractivity contribution in [1.29, 1.82) is 0 Å². The van der Waals surface area contributed by atoms with Crippen LogP contribution in [0.25, 0.3) is 0 Å². The predicted octanol–water partition coefficient (Wildman–Crippen LogP) is 3.01. The van der Waals surface area contributed by atoms with Crippen LogP contribution < -0.4 is 5.32 Å². The molecule has 0 saturated carbocycles. The van der Waals surface area contributed by atoms with Crippen LogP contribution in [0.2, 0.25) is 0 Å². The van der Waals surface area contributed by atoms with Gasteiger partial charge in [-0.2, -0.15) is 0 Å². The molecule has 0 amide bonds. The number of nitrogens with one attached hydrogen (secondary N) is 1. The minimum absolute atomic E-state index is 0.166. The second-order valence-corrected chi connectivity index (χ2v) is 7.57. The van der Waals surface area contributed by atoms with Gasteiger partial charge in [-0.3, -0.25) is 4.90 Å². The van der Waals surface area contributed by atoms with Gasteiger partial charge in [-0.25, -0.2) is 4.98 Å². The van der Waals surface area contributed by atoms with Gasteiger partial charge in [0.15, 0.2) is 0 Å². The van der Waals surface area contributed by atoms with Crippen LogP contribution in [-0.4, -0.2) is 36.1 Å². The Morgan fingerprint density at radius 2 is 2.16 bits per heavy atom. The van der Waals surface area contributed by atoms with Crippen LogP contribution in [0, 0.1) is 0 Å². The molecule has 1 fully saturated rings. The minimum atomic E-state index is 0.166. The van der Waals surface area contributed by atoms with Crippen molar-refractivity contribution in [2.75, 3.05) is 20.1 Å². The molecule has 0 bridgehead atoms. The Hall–Kier alpha value is -0.450. The predicted molar refractivity (Wildman–Crippen MR) is 82.8 cm³/mol. The summed E-state index contributed by atoms with van der Waals surface area (Å²) in [6.07, 6.45) is 3.86. The Morgan fingerprint density at radius 1 is 1.37 bits per heavy atom. The first-order chi connectivity index (χ1) is 8.97. The van der Waals surface area contributed by atoms with E-state index in [4.69, 9.17) is 4.98 Å². The van der Waals surface area contributed by atoms with Crippen molar-refractivity contribution in [3.05, 3.63) is 16.1 Å². The van der Waals surface area contributed by atoms with Gasteiger partial charge in [0.2, 0.25) is 0 Å². The quantitative estimate of drug-likeness (QED) is 0.923. The van der Waals surface area contributed by atoms with E-state index in [1.54, 1.807) is 11.3 Å². The number of hydrogen-bond donors (Lipinski definition) is 1. The van der Waals surface area contributed by atoms with Crippen molar-refractivity contribution in [3.63, 3.8) is 0 Å². The lowest BCUT2D eigenvalue weighted by Gasteiger charge is -2.25. The zero-order valence-corrected chi connectivity index (χ0v) is 13.5. The molecular formula is C15H27N3S. The minimum Gasteiger partial charge on any atom is -0.317 e. The van der Waals surface area contributed by atoms with E-state index >= 15 is 0 Å². The second kappa shape index (κ2) is 6.33. The molecule has 1 aromatic heterocycles. The zero-order chi connectivity index (χ0) is 13.9. The number of hydrogen-bond acceptors (Lipinski definition) is 4. The van der Waals surface area contributed by atoms with Crippen LogP contribution in [0.3, 0.4) is 0 Å². The molecule has 1 aliphatic rings. The Morgan fingerprint density at radius 3 is 2.84 bits per heavy atom. The Kier molecular flexibility index (Phi) is 4.98. The third-order valence-corrected chi connectivity index (χ3v) is 4.71. The third-order valence-electron chi connectivity index (χ3n) is 3.87. The molecule has 0 aromatic carbocycles. The molecule has 1 aliphatic heterocycles. The Bertz CT molecular complexity index is 386. The summed E-state index contributed by atoms with van der Waals surface area (Å²) in [5.41, 5.74) is 1.39. The van der Waals surface area contributed by atoms with Gasteiger partial charge in [0.1, 0.15) is 5.01 Å². The largest absolute Gasteiger partial charge is 0.317 e. The molecule has 1 N–H and O–H groups in total. The average Bonchev–Trinajstić information content (AvgIpc) is 2.63. The monoisotopic (exact) mass is 281 g/mol. The molecule has 0 radical (unpaired) electrons. The summed E-state index contributed by atoms with van der Waals surface area (Å²) in [4.78, 5) is 7.29. The van der Waals surface area contributed by atoms with Crippen molar-refractivity contribution < 1.29 is 0 Å². The van der Waals surface area contributed by atoms with Crippen molar-refractivity contribution in [1.82, 2.24) is 15.2 Å². The number of nitrogens with zero attached hydrogens (tertiary/aromatic N) is 2. The van der Waals surface area contributed by atoms with Crippen LogP contribution >= 0.6 is 11.3 Å². The molecule has 2 heterocycles. The molecule has 1 unspecified atom stereocenters. The van der Waals surface area contributed by atoms with Gasteiger partial charge in [0.05, 0.1) is 12.2 Å². The molecule has 1 atom stereocenters. The average molecular weight is 281 g/mol. The van der Waals surface area contributed by atoms with E-state index < -0.39 is 0 Å². The van der Waals surface area contributed by atoms with Crippen molar-refractivity contribution >= 4 is 11.3 Å². The van der Waals surface area contributed by atoms with Crippen LogP contribution in [0.4, 0.5) is 0 Å². The summed E-state index contributed by atoms with van der Waals surface area (Å²) in [5.74, 6) is 0. The first kappa shape index (κ1) is 14.9. The zero-order valence-electron chi connectivity index (χ0n) is 12.7. The SMILES string of the molecule is CN(Cc1nc(C(C)(C)C)cs1)C1CCCNCC1. The van der Waals surface area contributed by atoms with Crippen molar-refractivity contribution in [3.8, 4) is 0 Å². The van der Waals surface area contributed by atoms with Gasteiger partial charge < -0.3 is 5.32 Å². The molecule has 4 heteroatoms. The second-order valence-electron chi connectivity index (χ2n) is 6.63. The summed E-state index contributed by atoms with van der Waals surface area (Å²) in [6.45, 7) is 10.0. The molecule has 19 heavy (non-hydrogen) atoms. The molecule has 1 aromatic rings. The van der Waals surface area contributed by atoms with Gasteiger partial charge in [-0.15, -0.1) is 11.3 Å². The van der Waals surface area contributed by atoms with E-state index in [2.05, 4.69) is 43.4 Å². The van der Waals surface area contributed by atoms with Gasteiger partial charge in [-0.1, -0.05) is 20.8 Å². The maximum Gasteiger partial charge on any atom is 0.107 e. The highest BCUT2D eigenvalue weighted by Gasteiger charge is 2.20. The van der Waals surface area contributed by atoms with E-state index in [9.17, 15) is 0 Å². The molecule has 3 nitrogen and oxygen atoms in total. The third kappa shape index (κ3) is 4.26. The van der Waals surface area contributed by atoms with Crippen molar-refractivity contribution in [2.45, 2.75) is 58.0 Å². The van der Waals surface area contributed by atoms with Crippen LogP contribution in [0.5, 0.6) is 0 Å². The highest BCUT2D eigenvalue weighted by atomic mass is 32.1. The van der Waals surface area contributed by atoms with E-state index in [1.807, 2.05) is 0 Å². The van der Waals surface area contributed by atoms with E-state index in [-0.39, 0.29) is 5.41 Å². The summed E-state index contributed by atoms with van der Waals surface area (Å²) in [6, 6.07) is 0.706. The number of thiazole rings is 1. The highest BCUT2D eigenvalue weighted by Crippen LogP contribution is 2.25. The van der Waals surface area contributed by atoms with E-state index in [0.717, 1.165) is 13.1 Å². The lowest BCUT2D eigenvalue weighted by molar-refractivity contribution is 0.216. The molecule has 1 saturated heterocycles. The van der Waals surface area contributed by atoms with Crippen LogP contribution in [-0.2, 0) is 12.0 Å². The lowest BCUT2D eigenvalue weighted by Crippen LogP contribution is -2.32. The Labute approximate surface area is 121 Å². The standard InChI is InChI=1S/C15H27N3S/c1-15(2,3)13-11-19-14(17-13)10-18(4)12-6-5-8-16-9-7-12/h11-12,16H,5-10H2,1-4H3. The first-order valence-corrected chi connectivity index (χ1v) is 8.20. The summed E-state index contributed by atoms with van der Waals surface area (Å²) < 4.78 is 0. The van der Waals surface area contributed by atoms with Gasteiger partial charge in [0, 0.05) is 16.8 Å². The molecule has 2 rings (SSSR count). The fourth-order valence-electron chi connectivity index (χ4n) is 2.51. The topological polar surface area (TPSA) is 28.2 Å². The van der Waals surface area contributed by atoms with E-state index in [0.29, 0.717) is 6.04 Å². The highest BCUT2D eigenvalue weighted by molar-refractivity contribution is 7.09. The Balaban J connectivity index is 1.94. The van der Waals surface area contributed by atoms with Crippen LogP contribution in [0.15, 0.2) is 5.38 Å². The van der Waals surface area contributed by atoms with Gasteiger partial charge >= 0.3 is 0 Å². The first-order valence-electron chi connectivity index (χ1n) is 7.32. The normalized spacial score (nSPS) is 21.6. The number of rotatable bonds is 3. The van der Waals surface area contributed by atoms with Crippen LogP contribution in [0.1, 0.15) is 50.7 Å². The molecule has 0 aliphatic carbocycles. The summed E-state index contributed by atoms with van der Waals surface area (Å²) >= 11 is 1.81. The fraction of sp³-hybridized carbons (Fsp3) is 0.800. The van der Waals surface area contributed by atoms with Gasteiger partial charge in [0.25, 0.3) is 0 Å². The van der Waals surface area contributed by atoms with E-state index in [1.165, 1.54) is 36.5 Å². The summed E-state index contributed by atoms with van der Waals surface area (Å²) in [7, 11) is 2.24.